The molecule has 15 heavy (non-hydrogen) atoms. The Hall–Kier alpha value is -1.59. The summed E-state index contributed by atoms with van der Waals surface area (Å²) in [4.78, 5) is 9.89. The molecule has 0 aliphatic carbocycles. The minimum atomic E-state index is -4.43. The van der Waals surface area contributed by atoms with Crippen molar-refractivity contribution in [2.24, 2.45) is 0 Å². The number of anilines is 1. The Balaban J connectivity index is 0.00000196. The highest BCUT2D eigenvalue weighted by atomic mass is 19.4. The van der Waals surface area contributed by atoms with Crippen molar-refractivity contribution in [2.45, 2.75) is 13.6 Å². The molecule has 1 aromatic rings. The van der Waals surface area contributed by atoms with Gasteiger partial charge in [-0.1, -0.05) is 7.43 Å². The van der Waals surface area contributed by atoms with Gasteiger partial charge in [0.05, 0.1) is 5.56 Å². The number of hydrogen-bond donors (Lipinski definition) is 1. The third-order valence-electron chi connectivity index (χ3n) is 1.45. The van der Waals surface area contributed by atoms with E-state index in [2.05, 4.69) is 0 Å². The fraction of sp³-hybridized carbons (Fsp3) is 0.222. The summed E-state index contributed by atoms with van der Waals surface area (Å²) in [5.74, 6) is 0. The van der Waals surface area contributed by atoms with E-state index in [9.17, 15) is 22.4 Å². The van der Waals surface area contributed by atoms with Crippen molar-refractivity contribution in [3.05, 3.63) is 29.8 Å². The largest absolute Gasteiger partial charge is 0.416 e. The summed E-state index contributed by atoms with van der Waals surface area (Å²) in [6, 6.07) is 3.46. The van der Waals surface area contributed by atoms with Gasteiger partial charge in [0.1, 0.15) is 0 Å². The molecule has 0 unspecified atom stereocenters. The monoisotopic (exact) mass is 223 g/mol. The van der Waals surface area contributed by atoms with Gasteiger partial charge in [-0.05, 0) is 24.3 Å². The summed E-state index contributed by atoms with van der Waals surface area (Å²) >= 11 is 0. The molecule has 1 rings (SSSR count). The first-order valence-electron chi connectivity index (χ1n) is 3.53. The van der Waals surface area contributed by atoms with Gasteiger partial charge in [0, 0.05) is 5.69 Å². The summed E-state index contributed by atoms with van der Waals surface area (Å²) in [6.07, 6.45) is -6.25. The number of hydrogen-bond acceptors (Lipinski definition) is 1. The topological polar surface area (TPSA) is 29.1 Å². The van der Waals surface area contributed by atoms with Crippen molar-refractivity contribution < 1.29 is 22.4 Å². The lowest BCUT2D eigenvalue weighted by Crippen LogP contribution is -2.06. The van der Waals surface area contributed by atoms with Gasteiger partial charge in [0.2, 0.25) is 0 Å². The van der Waals surface area contributed by atoms with E-state index in [1.807, 2.05) is 0 Å². The number of alkyl halides is 3. The van der Waals surface area contributed by atoms with E-state index in [4.69, 9.17) is 0 Å². The van der Waals surface area contributed by atoms with Crippen LogP contribution in [-0.2, 0) is 6.18 Å². The van der Waals surface area contributed by atoms with Crippen LogP contribution in [0.4, 0.5) is 28.0 Å². The molecule has 0 saturated carbocycles. The summed E-state index contributed by atoms with van der Waals surface area (Å²) in [5.41, 5.74) is -0.875. The third-order valence-corrected chi connectivity index (χ3v) is 1.45. The quantitative estimate of drug-likeness (QED) is 0.437. The normalized spacial score (nSPS) is 10.4. The Morgan fingerprint density at radius 2 is 1.60 bits per heavy atom. The maximum Gasteiger partial charge on any atom is 0.416 e. The van der Waals surface area contributed by atoms with Crippen LogP contribution in [0.1, 0.15) is 13.0 Å². The van der Waals surface area contributed by atoms with E-state index in [-0.39, 0.29) is 13.1 Å². The minimum Gasteiger partial charge on any atom is -0.298 e. The van der Waals surface area contributed by atoms with Gasteiger partial charge in [0.25, 0.3) is 0 Å². The molecular weight excluding hydrogens is 214 g/mol. The van der Waals surface area contributed by atoms with Crippen LogP contribution in [0.25, 0.3) is 0 Å². The molecule has 84 valence electrons. The molecular formula is C9H9F4NO. The molecule has 0 spiro atoms. The number of rotatable bonds is 1. The van der Waals surface area contributed by atoms with E-state index in [0.29, 0.717) is 0 Å². The van der Waals surface area contributed by atoms with E-state index in [1.165, 1.54) is 0 Å². The minimum absolute atomic E-state index is 0. The Morgan fingerprint density at radius 3 is 1.93 bits per heavy atom. The van der Waals surface area contributed by atoms with Gasteiger partial charge in [-0.25, -0.2) is 4.79 Å². The number of amides is 1. The van der Waals surface area contributed by atoms with Crippen LogP contribution in [0, 0.1) is 0 Å². The Bertz CT molecular complexity index is 331. The fourth-order valence-corrected chi connectivity index (χ4v) is 0.856. The fourth-order valence-electron chi connectivity index (χ4n) is 0.856. The van der Waals surface area contributed by atoms with Crippen molar-refractivity contribution in [1.29, 1.82) is 0 Å². The van der Waals surface area contributed by atoms with Crippen LogP contribution in [-0.4, -0.2) is 6.16 Å². The lowest BCUT2D eigenvalue weighted by Gasteiger charge is -2.06. The van der Waals surface area contributed by atoms with E-state index >= 15 is 0 Å². The summed E-state index contributed by atoms with van der Waals surface area (Å²) in [7, 11) is 0. The van der Waals surface area contributed by atoms with E-state index < -0.39 is 17.9 Å². The van der Waals surface area contributed by atoms with Gasteiger partial charge in [-0.15, -0.1) is 4.39 Å². The molecule has 0 aromatic heterocycles. The highest BCUT2D eigenvalue weighted by molar-refractivity contribution is 5.83. The second-order valence-corrected chi connectivity index (χ2v) is 2.47. The van der Waals surface area contributed by atoms with E-state index in [0.717, 1.165) is 24.3 Å². The zero-order chi connectivity index (χ0) is 10.8. The molecule has 0 bridgehead atoms. The van der Waals surface area contributed by atoms with Crippen molar-refractivity contribution in [1.82, 2.24) is 0 Å². The lowest BCUT2D eigenvalue weighted by molar-refractivity contribution is -0.137. The van der Waals surface area contributed by atoms with Crippen LogP contribution in [0.15, 0.2) is 24.3 Å². The molecule has 1 amide bonds. The van der Waals surface area contributed by atoms with Crippen molar-refractivity contribution in [3.63, 3.8) is 0 Å². The smallest absolute Gasteiger partial charge is 0.298 e. The molecule has 0 radical (unpaired) electrons. The lowest BCUT2D eigenvalue weighted by atomic mass is 10.2. The first-order valence-corrected chi connectivity index (χ1v) is 3.53. The predicted molar refractivity (Wildman–Crippen MR) is 48.3 cm³/mol. The molecule has 0 aliphatic heterocycles. The summed E-state index contributed by atoms with van der Waals surface area (Å²) < 4.78 is 47.8. The SMILES string of the molecule is C.O=C(F)Nc1ccc(C(F)(F)F)cc1. The molecule has 0 heterocycles. The maximum atomic E-state index is 12.0. The molecule has 0 saturated heterocycles. The number of carbonyl (C=O) groups excluding carboxylic acids is 1. The van der Waals surface area contributed by atoms with E-state index in [1.54, 1.807) is 5.32 Å². The standard InChI is InChI=1S/C8H5F4NO.CH4/c9-7(14)13-6-3-1-5(2-4-6)8(10,11)12;/h1-4H,(H,13,14);1H4. The first kappa shape index (κ1) is 13.4. The number of halogens is 4. The summed E-state index contributed by atoms with van der Waals surface area (Å²) in [5, 5.41) is 1.71. The molecule has 1 aromatic carbocycles. The number of nitrogens with one attached hydrogen (secondary N) is 1. The van der Waals surface area contributed by atoms with Gasteiger partial charge in [-0.2, -0.15) is 13.2 Å². The average Bonchev–Trinajstić information content (AvgIpc) is 2.02. The second-order valence-electron chi connectivity index (χ2n) is 2.47. The second kappa shape index (κ2) is 4.77. The molecule has 1 N–H and O–H groups in total. The van der Waals surface area contributed by atoms with Crippen molar-refractivity contribution in [3.8, 4) is 0 Å². The van der Waals surface area contributed by atoms with Gasteiger partial charge < -0.3 is 0 Å². The van der Waals surface area contributed by atoms with Gasteiger partial charge in [-0.3, -0.25) is 5.32 Å². The highest BCUT2D eigenvalue weighted by Crippen LogP contribution is 2.29. The van der Waals surface area contributed by atoms with Crippen LogP contribution < -0.4 is 5.32 Å². The third kappa shape index (κ3) is 3.97. The molecule has 6 heteroatoms. The van der Waals surface area contributed by atoms with Crippen LogP contribution >= 0.6 is 0 Å². The number of carbonyl (C=O) groups is 1. The number of benzene rings is 1. The van der Waals surface area contributed by atoms with Crippen molar-refractivity contribution >= 4 is 11.8 Å². The average molecular weight is 223 g/mol. The Morgan fingerprint density at radius 1 is 1.13 bits per heavy atom. The van der Waals surface area contributed by atoms with Gasteiger partial charge >= 0.3 is 12.3 Å². The first-order chi connectivity index (χ1) is 6.39. The molecule has 0 atom stereocenters. The van der Waals surface area contributed by atoms with Crippen LogP contribution in [0.2, 0.25) is 0 Å². The Kier molecular flexibility index (Phi) is 4.26. The molecule has 0 aliphatic rings. The summed E-state index contributed by atoms with van der Waals surface area (Å²) in [6.45, 7) is 0. The molecule has 0 fully saturated rings. The van der Waals surface area contributed by atoms with Crippen LogP contribution in [0.3, 0.4) is 0 Å². The predicted octanol–water partition coefficient (Wildman–Crippen LogP) is 3.84. The highest BCUT2D eigenvalue weighted by Gasteiger charge is 2.29. The molecule has 2 nitrogen and oxygen atoms in total. The van der Waals surface area contributed by atoms with Crippen molar-refractivity contribution in [2.75, 3.05) is 5.32 Å². The van der Waals surface area contributed by atoms with Crippen LogP contribution in [0.5, 0.6) is 0 Å². The maximum absolute atomic E-state index is 12.0. The zero-order valence-electron chi connectivity index (χ0n) is 6.73. The van der Waals surface area contributed by atoms with Gasteiger partial charge in [0.15, 0.2) is 0 Å². The Labute approximate surface area is 83.9 Å². The zero-order valence-corrected chi connectivity index (χ0v) is 6.73.